The summed E-state index contributed by atoms with van der Waals surface area (Å²) in [6.07, 6.45) is 10.6. The highest BCUT2D eigenvalue weighted by molar-refractivity contribution is 4.99. The third kappa shape index (κ3) is 4.44. The summed E-state index contributed by atoms with van der Waals surface area (Å²) in [4.78, 5) is 2.75. The molecule has 1 unspecified atom stereocenters. The molecule has 20 heavy (non-hydrogen) atoms. The zero-order chi connectivity index (χ0) is 14.3. The van der Waals surface area contributed by atoms with E-state index in [1.165, 1.54) is 64.6 Å². The Labute approximate surface area is 125 Å². The predicted octanol–water partition coefficient (Wildman–Crippen LogP) is 3.19. The van der Waals surface area contributed by atoms with Crippen molar-refractivity contribution < 1.29 is 4.74 Å². The van der Waals surface area contributed by atoms with Crippen LogP contribution >= 0.6 is 0 Å². The fourth-order valence-corrected chi connectivity index (χ4v) is 3.88. The number of nitrogens with one attached hydrogen (secondary N) is 1. The van der Waals surface area contributed by atoms with Crippen LogP contribution < -0.4 is 5.32 Å². The van der Waals surface area contributed by atoms with Crippen LogP contribution in [0.5, 0.6) is 0 Å². The van der Waals surface area contributed by atoms with E-state index in [1.54, 1.807) is 0 Å². The number of hydrogen-bond donors (Lipinski definition) is 1. The van der Waals surface area contributed by atoms with Crippen molar-refractivity contribution in [2.24, 2.45) is 0 Å². The Morgan fingerprint density at radius 3 is 2.65 bits per heavy atom. The van der Waals surface area contributed by atoms with Crippen molar-refractivity contribution in [3.8, 4) is 0 Å². The van der Waals surface area contributed by atoms with Crippen LogP contribution in [-0.2, 0) is 4.74 Å². The largest absolute Gasteiger partial charge is 0.381 e. The van der Waals surface area contributed by atoms with Gasteiger partial charge < -0.3 is 10.1 Å². The maximum absolute atomic E-state index is 5.64. The molecule has 118 valence electrons. The van der Waals surface area contributed by atoms with Gasteiger partial charge in [0, 0.05) is 44.4 Å². The van der Waals surface area contributed by atoms with Gasteiger partial charge in [-0.3, -0.25) is 4.90 Å². The minimum atomic E-state index is 0.439. The Balaban J connectivity index is 1.79. The maximum Gasteiger partial charge on any atom is 0.0478 e. The summed E-state index contributed by atoms with van der Waals surface area (Å²) in [5.74, 6) is 0. The van der Waals surface area contributed by atoms with Gasteiger partial charge in [0.15, 0.2) is 0 Å². The van der Waals surface area contributed by atoms with Crippen molar-refractivity contribution in [1.29, 1.82) is 0 Å². The van der Waals surface area contributed by atoms with Crippen LogP contribution in [0.25, 0.3) is 0 Å². The fraction of sp³-hybridized carbons (Fsp3) is 1.00. The first-order valence-corrected chi connectivity index (χ1v) is 8.86. The second-order valence-corrected chi connectivity index (χ2v) is 6.72. The lowest BCUT2D eigenvalue weighted by Gasteiger charge is -2.49. The molecule has 1 saturated carbocycles. The molecule has 2 aliphatic rings. The number of hydrogen-bond acceptors (Lipinski definition) is 3. The molecule has 0 aromatic carbocycles. The second kappa shape index (κ2) is 8.35. The van der Waals surface area contributed by atoms with E-state index in [0.717, 1.165) is 25.7 Å². The van der Waals surface area contributed by atoms with E-state index in [9.17, 15) is 0 Å². The molecule has 1 N–H and O–H groups in total. The summed E-state index contributed by atoms with van der Waals surface area (Å²) in [5, 5.41) is 3.90. The van der Waals surface area contributed by atoms with Crippen molar-refractivity contribution in [3.63, 3.8) is 0 Å². The van der Waals surface area contributed by atoms with Gasteiger partial charge >= 0.3 is 0 Å². The molecule has 3 nitrogen and oxygen atoms in total. The Hall–Kier alpha value is -0.120. The van der Waals surface area contributed by atoms with Crippen molar-refractivity contribution >= 4 is 0 Å². The monoisotopic (exact) mass is 282 g/mol. The Bertz CT molecular complexity index is 264. The van der Waals surface area contributed by atoms with Crippen molar-refractivity contribution in [2.45, 2.75) is 76.8 Å². The number of ether oxygens (including phenoxy) is 1. The van der Waals surface area contributed by atoms with E-state index in [1.807, 2.05) is 0 Å². The van der Waals surface area contributed by atoms with Gasteiger partial charge in [0.2, 0.25) is 0 Å². The topological polar surface area (TPSA) is 24.5 Å². The molecule has 2 fully saturated rings. The molecule has 0 bridgehead atoms. The van der Waals surface area contributed by atoms with Gasteiger partial charge in [-0.2, -0.15) is 0 Å². The number of piperazine rings is 1. The van der Waals surface area contributed by atoms with E-state index in [4.69, 9.17) is 4.74 Å². The van der Waals surface area contributed by atoms with Crippen LogP contribution in [0.4, 0.5) is 0 Å². The lowest BCUT2D eigenvalue weighted by molar-refractivity contribution is 0.0436. The minimum absolute atomic E-state index is 0.439. The molecular formula is C17H34N2O. The van der Waals surface area contributed by atoms with Crippen LogP contribution in [0.3, 0.4) is 0 Å². The summed E-state index contributed by atoms with van der Waals surface area (Å²) in [6.45, 7) is 10.0. The normalized spacial score (nSPS) is 27.0. The van der Waals surface area contributed by atoms with E-state index in [2.05, 4.69) is 24.1 Å². The van der Waals surface area contributed by atoms with Crippen LogP contribution in [0.1, 0.15) is 65.2 Å². The van der Waals surface area contributed by atoms with Crippen molar-refractivity contribution in [1.82, 2.24) is 10.2 Å². The quantitative estimate of drug-likeness (QED) is 0.726. The number of nitrogens with zero attached hydrogens (tertiary/aromatic N) is 1. The SMILES string of the molecule is CCCOCCCN1CC2(CCCCC2)NCC1CC. The molecule has 1 heterocycles. The molecule has 1 spiro atoms. The van der Waals surface area contributed by atoms with E-state index in [0.29, 0.717) is 5.54 Å². The van der Waals surface area contributed by atoms with Gasteiger partial charge in [-0.05, 0) is 32.1 Å². The lowest BCUT2D eigenvalue weighted by atomic mass is 9.79. The molecule has 0 aromatic heterocycles. The smallest absolute Gasteiger partial charge is 0.0478 e. The molecule has 0 amide bonds. The highest BCUT2D eigenvalue weighted by Gasteiger charge is 2.38. The third-order valence-electron chi connectivity index (χ3n) is 5.10. The van der Waals surface area contributed by atoms with Crippen molar-refractivity contribution in [3.05, 3.63) is 0 Å². The molecule has 3 heteroatoms. The van der Waals surface area contributed by atoms with Crippen LogP contribution in [0, 0.1) is 0 Å². The molecule has 1 aliphatic carbocycles. The van der Waals surface area contributed by atoms with E-state index in [-0.39, 0.29) is 0 Å². The van der Waals surface area contributed by atoms with Crippen LogP contribution in [0.2, 0.25) is 0 Å². The standard InChI is InChI=1S/C17H34N2O/c1-3-12-20-13-8-11-19-15-17(9-6-5-7-10-17)18-14-16(19)4-2/h16,18H,3-15H2,1-2H3. The van der Waals surface area contributed by atoms with Crippen molar-refractivity contribution in [2.75, 3.05) is 32.8 Å². The first kappa shape index (κ1) is 16.3. The molecule has 0 aromatic rings. The average Bonchev–Trinajstić information content (AvgIpc) is 2.48. The highest BCUT2D eigenvalue weighted by atomic mass is 16.5. The fourth-order valence-electron chi connectivity index (χ4n) is 3.88. The summed E-state index contributed by atoms with van der Waals surface area (Å²) >= 11 is 0. The number of rotatable bonds is 7. The van der Waals surface area contributed by atoms with Gasteiger partial charge in [-0.15, -0.1) is 0 Å². The Kier molecular flexibility index (Phi) is 6.79. The Morgan fingerprint density at radius 1 is 1.15 bits per heavy atom. The molecule has 1 atom stereocenters. The Morgan fingerprint density at radius 2 is 1.95 bits per heavy atom. The highest BCUT2D eigenvalue weighted by Crippen LogP contribution is 2.32. The molecule has 1 saturated heterocycles. The van der Waals surface area contributed by atoms with Gasteiger partial charge in [-0.1, -0.05) is 33.1 Å². The summed E-state index contributed by atoms with van der Waals surface area (Å²) in [7, 11) is 0. The van der Waals surface area contributed by atoms with E-state index >= 15 is 0 Å². The molecular weight excluding hydrogens is 248 g/mol. The molecule has 2 rings (SSSR count). The van der Waals surface area contributed by atoms with Gasteiger partial charge in [0.1, 0.15) is 0 Å². The average molecular weight is 282 g/mol. The summed E-state index contributed by atoms with van der Waals surface area (Å²) < 4.78 is 5.64. The van der Waals surface area contributed by atoms with Gasteiger partial charge in [-0.25, -0.2) is 0 Å². The lowest BCUT2D eigenvalue weighted by Crippen LogP contribution is -2.64. The molecule has 0 radical (unpaired) electrons. The van der Waals surface area contributed by atoms with E-state index < -0.39 is 0 Å². The van der Waals surface area contributed by atoms with Gasteiger partial charge in [0.05, 0.1) is 0 Å². The second-order valence-electron chi connectivity index (χ2n) is 6.72. The first-order chi connectivity index (χ1) is 9.79. The van der Waals surface area contributed by atoms with Crippen LogP contribution in [0.15, 0.2) is 0 Å². The maximum atomic E-state index is 5.64. The van der Waals surface area contributed by atoms with Crippen LogP contribution in [-0.4, -0.2) is 49.3 Å². The third-order valence-corrected chi connectivity index (χ3v) is 5.10. The zero-order valence-electron chi connectivity index (χ0n) is 13.6. The van der Waals surface area contributed by atoms with Gasteiger partial charge in [0.25, 0.3) is 0 Å². The first-order valence-electron chi connectivity index (χ1n) is 8.86. The summed E-state index contributed by atoms with van der Waals surface area (Å²) in [6, 6.07) is 0.730. The zero-order valence-corrected chi connectivity index (χ0v) is 13.6. The predicted molar refractivity (Wildman–Crippen MR) is 85.2 cm³/mol. The summed E-state index contributed by atoms with van der Waals surface area (Å²) in [5.41, 5.74) is 0.439. The molecule has 1 aliphatic heterocycles. The minimum Gasteiger partial charge on any atom is -0.381 e.